The molecule has 0 saturated carbocycles. The Balaban J connectivity index is 1.81. The molecule has 0 spiro atoms. The number of rotatable bonds is 4. The van der Waals surface area contributed by atoms with Crippen molar-refractivity contribution in [3.05, 3.63) is 65.5 Å². The van der Waals surface area contributed by atoms with Crippen LogP contribution in [0, 0.1) is 5.82 Å². The van der Waals surface area contributed by atoms with Crippen molar-refractivity contribution >= 4 is 17.7 Å². The molecule has 0 aromatic heterocycles. The molecule has 1 heterocycles. The fourth-order valence-electron chi connectivity index (χ4n) is 3.35. The van der Waals surface area contributed by atoms with Crippen molar-refractivity contribution < 1.29 is 18.0 Å². The first-order valence-corrected chi connectivity index (χ1v) is 9.51. The van der Waals surface area contributed by atoms with E-state index in [2.05, 4.69) is 0 Å². The lowest BCUT2D eigenvalue weighted by atomic mass is 9.94. The standard InChI is InChI=1S/C20H20F3NOS/c21-16-10-8-14(9-11-16)15-5-3-4-12-24(13-15)19(25)17-6-1-2-7-18(17)26-20(22)23/h1-2,6-11,15,20H,3-5,12-13H2. The number of hydrogen-bond acceptors (Lipinski definition) is 2. The van der Waals surface area contributed by atoms with Crippen LogP contribution in [0.2, 0.25) is 0 Å². The molecule has 1 aliphatic heterocycles. The summed E-state index contributed by atoms with van der Waals surface area (Å²) in [6.07, 6.45) is 2.76. The maximum absolute atomic E-state index is 13.2. The number of halogens is 3. The normalized spacial score (nSPS) is 18.0. The van der Waals surface area contributed by atoms with E-state index in [0.717, 1.165) is 24.8 Å². The van der Waals surface area contributed by atoms with Crippen molar-refractivity contribution in [2.45, 2.75) is 35.8 Å². The molecule has 0 radical (unpaired) electrons. The lowest BCUT2D eigenvalue weighted by Crippen LogP contribution is -2.34. The third kappa shape index (κ3) is 4.61. The monoisotopic (exact) mass is 379 g/mol. The van der Waals surface area contributed by atoms with Crippen molar-refractivity contribution in [3.8, 4) is 0 Å². The molecule has 6 heteroatoms. The highest BCUT2D eigenvalue weighted by Gasteiger charge is 2.26. The largest absolute Gasteiger partial charge is 0.338 e. The van der Waals surface area contributed by atoms with E-state index >= 15 is 0 Å². The number of alkyl halides is 2. The van der Waals surface area contributed by atoms with Gasteiger partial charge in [0.25, 0.3) is 11.7 Å². The van der Waals surface area contributed by atoms with Crippen molar-refractivity contribution in [1.82, 2.24) is 4.90 Å². The third-order valence-corrected chi connectivity index (χ3v) is 5.42. The van der Waals surface area contributed by atoms with Gasteiger partial charge in [0.2, 0.25) is 0 Å². The first-order valence-electron chi connectivity index (χ1n) is 8.63. The average molecular weight is 379 g/mol. The minimum atomic E-state index is -2.57. The molecule has 1 fully saturated rings. The molecule has 1 unspecified atom stereocenters. The van der Waals surface area contributed by atoms with Crippen LogP contribution >= 0.6 is 11.8 Å². The smallest absolute Gasteiger partial charge is 0.288 e. The maximum Gasteiger partial charge on any atom is 0.288 e. The highest BCUT2D eigenvalue weighted by molar-refractivity contribution is 7.99. The molecule has 138 valence electrons. The van der Waals surface area contributed by atoms with Crippen LogP contribution in [0.4, 0.5) is 13.2 Å². The lowest BCUT2D eigenvalue weighted by molar-refractivity contribution is 0.0751. The number of carbonyl (C=O) groups is 1. The molecule has 1 saturated heterocycles. The minimum absolute atomic E-state index is 0.122. The molecule has 1 atom stereocenters. The van der Waals surface area contributed by atoms with Gasteiger partial charge >= 0.3 is 0 Å². The number of hydrogen-bond donors (Lipinski definition) is 0. The van der Waals surface area contributed by atoms with Gasteiger partial charge in [-0.3, -0.25) is 4.79 Å². The Kier molecular flexibility index (Phi) is 6.25. The van der Waals surface area contributed by atoms with Crippen LogP contribution in [0.3, 0.4) is 0 Å². The molecule has 2 aromatic carbocycles. The van der Waals surface area contributed by atoms with Gasteiger partial charge in [-0.25, -0.2) is 4.39 Å². The minimum Gasteiger partial charge on any atom is -0.338 e. The third-order valence-electron chi connectivity index (χ3n) is 4.63. The molecule has 0 bridgehead atoms. The zero-order valence-corrected chi connectivity index (χ0v) is 15.0. The van der Waals surface area contributed by atoms with Gasteiger partial charge in [-0.05, 0) is 42.7 Å². The summed E-state index contributed by atoms with van der Waals surface area (Å²) in [6.45, 7) is 1.11. The van der Waals surface area contributed by atoms with E-state index < -0.39 is 5.76 Å². The molecule has 0 aliphatic carbocycles. The topological polar surface area (TPSA) is 20.3 Å². The summed E-state index contributed by atoms with van der Waals surface area (Å²) in [6, 6.07) is 12.9. The molecule has 0 N–H and O–H groups in total. The molecule has 1 aliphatic rings. The van der Waals surface area contributed by atoms with Crippen LogP contribution in [0.15, 0.2) is 53.4 Å². The molecule has 2 nitrogen and oxygen atoms in total. The van der Waals surface area contributed by atoms with Gasteiger partial charge < -0.3 is 4.90 Å². The van der Waals surface area contributed by atoms with Gasteiger partial charge in [-0.15, -0.1) is 0 Å². The highest BCUT2D eigenvalue weighted by atomic mass is 32.2. The lowest BCUT2D eigenvalue weighted by Gasteiger charge is -2.25. The van der Waals surface area contributed by atoms with Crippen molar-refractivity contribution in [2.24, 2.45) is 0 Å². The van der Waals surface area contributed by atoms with E-state index in [0.29, 0.717) is 35.3 Å². The summed E-state index contributed by atoms with van der Waals surface area (Å²) >= 11 is 0.399. The summed E-state index contributed by atoms with van der Waals surface area (Å²) in [4.78, 5) is 15.0. The number of likely N-dealkylation sites (tertiary alicyclic amines) is 1. The fraction of sp³-hybridized carbons (Fsp3) is 0.350. The molecule has 3 rings (SSSR count). The second kappa shape index (κ2) is 8.62. The average Bonchev–Trinajstić information content (AvgIpc) is 2.88. The Hall–Kier alpha value is -1.95. The van der Waals surface area contributed by atoms with Crippen molar-refractivity contribution in [2.75, 3.05) is 13.1 Å². The first-order chi connectivity index (χ1) is 12.5. The number of carbonyl (C=O) groups excluding carboxylic acids is 1. The molecule has 2 aromatic rings. The molecule has 26 heavy (non-hydrogen) atoms. The zero-order valence-electron chi connectivity index (χ0n) is 14.2. The Morgan fingerprint density at radius 3 is 2.54 bits per heavy atom. The van der Waals surface area contributed by atoms with Gasteiger partial charge in [0.15, 0.2) is 0 Å². The number of benzene rings is 2. The maximum atomic E-state index is 13.2. The van der Waals surface area contributed by atoms with Gasteiger partial charge in [-0.2, -0.15) is 8.78 Å². The fourth-order valence-corrected chi connectivity index (χ4v) is 3.98. The second-order valence-corrected chi connectivity index (χ2v) is 7.40. The van der Waals surface area contributed by atoms with Crippen molar-refractivity contribution in [3.63, 3.8) is 0 Å². The SMILES string of the molecule is O=C(c1ccccc1SC(F)F)N1CCCCC(c2ccc(F)cc2)C1. The summed E-state index contributed by atoms with van der Waals surface area (Å²) in [5.41, 5.74) is 1.32. The first kappa shape index (κ1) is 18.8. The van der Waals surface area contributed by atoms with E-state index in [1.54, 1.807) is 41.3 Å². The highest BCUT2D eigenvalue weighted by Crippen LogP contribution is 2.31. The number of thioether (sulfide) groups is 1. The molecular formula is C20H20F3NOS. The van der Waals surface area contributed by atoms with Crippen molar-refractivity contribution in [1.29, 1.82) is 0 Å². The predicted octanol–water partition coefficient (Wildman–Crippen LogP) is 5.55. The number of amides is 1. The van der Waals surface area contributed by atoms with Crippen LogP contribution < -0.4 is 0 Å². The van der Waals surface area contributed by atoms with Crippen LogP contribution in [0.25, 0.3) is 0 Å². The summed E-state index contributed by atoms with van der Waals surface area (Å²) < 4.78 is 38.8. The Morgan fingerprint density at radius 2 is 1.81 bits per heavy atom. The van der Waals surface area contributed by atoms with Crippen LogP contribution in [0.1, 0.15) is 41.1 Å². The summed E-state index contributed by atoms with van der Waals surface area (Å²) in [5, 5.41) is 0. The van der Waals surface area contributed by atoms with E-state index in [9.17, 15) is 18.0 Å². The number of nitrogens with zero attached hydrogens (tertiary/aromatic N) is 1. The van der Waals surface area contributed by atoms with E-state index in [1.165, 1.54) is 12.1 Å². The summed E-state index contributed by atoms with van der Waals surface area (Å²) in [5.74, 6) is -2.95. The second-order valence-electron chi connectivity index (χ2n) is 6.37. The van der Waals surface area contributed by atoms with E-state index in [-0.39, 0.29) is 17.6 Å². The van der Waals surface area contributed by atoms with E-state index in [1.807, 2.05) is 0 Å². The zero-order chi connectivity index (χ0) is 18.5. The van der Waals surface area contributed by atoms with Crippen LogP contribution in [-0.4, -0.2) is 29.7 Å². The quantitative estimate of drug-likeness (QED) is 0.649. The van der Waals surface area contributed by atoms with Gasteiger partial charge in [0.05, 0.1) is 5.56 Å². The molecular weight excluding hydrogens is 359 g/mol. The van der Waals surface area contributed by atoms with Gasteiger partial charge in [-0.1, -0.05) is 42.4 Å². The van der Waals surface area contributed by atoms with Gasteiger partial charge in [0.1, 0.15) is 5.82 Å². The Bertz CT molecular complexity index is 751. The van der Waals surface area contributed by atoms with Gasteiger partial charge in [0, 0.05) is 23.9 Å². The predicted molar refractivity (Wildman–Crippen MR) is 97.2 cm³/mol. The summed E-state index contributed by atoms with van der Waals surface area (Å²) in [7, 11) is 0. The van der Waals surface area contributed by atoms with Crippen LogP contribution in [0.5, 0.6) is 0 Å². The Morgan fingerprint density at radius 1 is 1.08 bits per heavy atom. The Labute approximate surface area is 155 Å². The van der Waals surface area contributed by atoms with E-state index in [4.69, 9.17) is 0 Å². The molecule has 1 amide bonds. The van der Waals surface area contributed by atoms with Crippen LogP contribution in [-0.2, 0) is 0 Å².